The van der Waals surface area contributed by atoms with Crippen molar-refractivity contribution in [2.24, 2.45) is 0 Å². The summed E-state index contributed by atoms with van der Waals surface area (Å²) in [5.74, 6) is 3.37. The molecule has 1 aliphatic carbocycles. The van der Waals surface area contributed by atoms with Gasteiger partial charge in [-0.25, -0.2) is 15.0 Å². The second-order valence-corrected chi connectivity index (χ2v) is 11.1. The van der Waals surface area contributed by atoms with Gasteiger partial charge in [0, 0.05) is 68.1 Å². The molecule has 0 spiro atoms. The van der Waals surface area contributed by atoms with Crippen molar-refractivity contribution < 1.29 is 4.74 Å². The van der Waals surface area contributed by atoms with Crippen LogP contribution in [0.3, 0.4) is 0 Å². The van der Waals surface area contributed by atoms with Gasteiger partial charge in [0.15, 0.2) is 5.16 Å². The molecule has 2 aliphatic rings. The van der Waals surface area contributed by atoms with E-state index >= 15 is 0 Å². The molecule has 1 saturated carbocycles. The molecule has 33 heavy (non-hydrogen) atoms. The van der Waals surface area contributed by atoms with Crippen molar-refractivity contribution in [3.05, 3.63) is 29.8 Å². The van der Waals surface area contributed by atoms with E-state index in [1.54, 1.807) is 6.20 Å². The van der Waals surface area contributed by atoms with E-state index in [1.165, 1.54) is 36.7 Å². The predicted octanol–water partition coefficient (Wildman–Crippen LogP) is 4.53. The number of nitrogens with zero attached hydrogens (tertiary/aromatic N) is 6. The third-order valence-electron chi connectivity index (χ3n) is 6.59. The second-order valence-electron chi connectivity index (χ2n) is 10.3. The van der Waals surface area contributed by atoms with Gasteiger partial charge in [0.1, 0.15) is 11.6 Å². The minimum Gasteiger partial charge on any atom is -0.474 e. The van der Waals surface area contributed by atoms with Crippen molar-refractivity contribution in [2.75, 3.05) is 43.9 Å². The third-order valence-corrected chi connectivity index (χ3v) is 7.15. The summed E-state index contributed by atoms with van der Waals surface area (Å²) in [5, 5.41) is 0.746. The van der Waals surface area contributed by atoms with Gasteiger partial charge >= 0.3 is 0 Å². The number of ether oxygens (including phenoxy) is 1. The first-order chi connectivity index (χ1) is 15.8. The first kappa shape index (κ1) is 24.2. The lowest BCUT2D eigenvalue weighted by molar-refractivity contribution is 0.166. The van der Waals surface area contributed by atoms with Crippen LogP contribution in [0, 0.1) is 0 Å². The maximum Gasteiger partial charge on any atom is 0.217 e. The molecule has 1 unspecified atom stereocenters. The zero-order chi connectivity index (χ0) is 23.4. The van der Waals surface area contributed by atoms with Gasteiger partial charge in [-0.15, -0.1) is 0 Å². The standard InChI is InChI=1S/C25H38N6OS/c1-18(32-22-9-11-26-24(29-22)33-5)10-12-30-13-15-31(16-14-30)21-17-20(19-7-6-8-19)27-23(28-21)25(2,3)4/h9,11,17-19H,6-8,10,12-16H2,1-5H3. The van der Waals surface area contributed by atoms with Crippen LogP contribution in [0.25, 0.3) is 0 Å². The van der Waals surface area contributed by atoms with E-state index in [1.807, 2.05) is 12.3 Å². The number of thioether (sulfide) groups is 1. The molecule has 2 aromatic heterocycles. The van der Waals surface area contributed by atoms with Crippen molar-refractivity contribution in [3.8, 4) is 5.88 Å². The average molecular weight is 471 g/mol. The van der Waals surface area contributed by atoms with Gasteiger partial charge in [-0.2, -0.15) is 4.98 Å². The maximum absolute atomic E-state index is 6.02. The molecule has 2 fully saturated rings. The van der Waals surface area contributed by atoms with E-state index in [2.05, 4.69) is 53.5 Å². The Morgan fingerprint density at radius 3 is 2.52 bits per heavy atom. The molecule has 3 heterocycles. The van der Waals surface area contributed by atoms with Crippen LogP contribution in [-0.2, 0) is 5.41 Å². The molecule has 0 aromatic carbocycles. The summed E-state index contributed by atoms with van der Waals surface area (Å²) in [5.41, 5.74) is 1.21. The number of hydrogen-bond acceptors (Lipinski definition) is 8. The highest BCUT2D eigenvalue weighted by molar-refractivity contribution is 7.98. The fourth-order valence-corrected chi connectivity index (χ4v) is 4.53. The molecule has 8 heteroatoms. The highest BCUT2D eigenvalue weighted by atomic mass is 32.2. The molecule has 1 saturated heterocycles. The van der Waals surface area contributed by atoms with Crippen molar-refractivity contribution >= 4 is 17.6 Å². The Labute approximate surface area is 202 Å². The van der Waals surface area contributed by atoms with Crippen LogP contribution in [0.4, 0.5) is 5.82 Å². The molecule has 0 bridgehead atoms. The van der Waals surface area contributed by atoms with Gasteiger partial charge in [-0.1, -0.05) is 39.0 Å². The van der Waals surface area contributed by atoms with E-state index in [-0.39, 0.29) is 11.5 Å². The highest BCUT2D eigenvalue weighted by Crippen LogP contribution is 2.37. The van der Waals surface area contributed by atoms with Crippen molar-refractivity contribution in [2.45, 2.75) is 76.0 Å². The Morgan fingerprint density at radius 1 is 1.12 bits per heavy atom. The average Bonchev–Trinajstić information content (AvgIpc) is 2.76. The van der Waals surface area contributed by atoms with E-state index in [4.69, 9.17) is 14.7 Å². The quantitative estimate of drug-likeness (QED) is 0.412. The molecule has 1 aliphatic heterocycles. The van der Waals surface area contributed by atoms with Crippen LogP contribution < -0.4 is 9.64 Å². The van der Waals surface area contributed by atoms with Gasteiger partial charge in [0.25, 0.3) is 0 Å². The summed E-state index contributed by atoms with van der Waals surface area (Å²) in [6.45, 7) is 13.9. The molecule has 7 nitrogen and oxygen atoms in total. The highest BCUT2D eigenvalue weighted by Gasteiger charge is 2.27. The van der Waals surface area contributed by atoms with Gasteiger partial charge in [-0.05, 0) is 32.4 Å². The van der Waals surface area contributed by atoms with Crippen LogP contribution in [0.1, 0.15) is 70.8 Å². The van der Waals surface area contributed by atoms with E-state index in [0.717, 1.165) is 55.9 Å². The molecule has 180 valence electrons. The Balaban J connectivity index is 1.30. The Kier molecular flexibility index (Phi) is 7.74. The number of rotatable bonds is 8. The van der Waals surface area contributed by atoms with E-state index in [0.29, 0.717) is 11.8 Å². The maximum atomic E-state index is 6.02. The fraction of sp³-hybridized carbons (Fsp3) is 0.680. The number of aromatic nitrogens is 4. The summed E-state index contributed by atoms with van der Waals surface area (Å²) < 4.78 is 6.02. The summed E-state index contributed by atoms with van der Waals surface area (Å²) >= 11 is 1.53. The van der Waals surface area contributed by atoms with Crippen molar-refractivity contribution in [1.29, 1.82) is 0 Å². The minimum atomic E-state index is -0.0350. The van der Waals surface area contributed by atoms with Crippen LogP contribution in [0.5, 0.6) is 5.88 Å². The topological polar surface area (TPSA) is 67.3 Å². The predicted molar refractivity (Wildman–Crippen MR) is 134 cm³/mol. The number of anilines is 1. The zero-order valence-corrected chi connectivity index (χ0v) is 21.6. The Hall–Kier alpha value is -1.93. The Morgan fingerprint density at radius 2 is 1.88 bits per heavy atom. The van der Waals surface area contributed by atoms with E-state index in [9.17, 15) is 0 Å². The van der Waals surface area contributed by atoms with Crippen LogP contribution >= 0.6 is 11.8 Å². The van der Waals surface area contributed by atoms with Crippen molar-refractivity contribution in [3.63, 3.8) is 0 Å². The number of hydrogen-bond donors (Lipinski definition) is 0. The smallest absolute Gasteiger partial charge is 0.217 e. The molecule has 0 N–H and O–H groups in total. The molecule has 2 aromatic rings. The largest absolute Gasteiger partial charge is 0.474 e. The molecule has 1 atom stereocenters. The second kappa shape index (κ2) is 10.6. The van der Waals surface area contributed by atoms with Gasteiger partial charge < -0.3 is 9.64 Å². The first-order valence-electron chi connectivity index (χ1n) is 12.2. The molecular weight excluding hydrogens is 432 g/mol. The van der Waals surface area contributed by atoms with Crippen LogP contribution in [-0.4, -0.2) is 69.9 Å². The third kappa shape index (κ3) is 6.35. The minimum absolute atomic E-state index is 0.0350. The fourth-order valence-electron chi connectivity index (χ4n) is 4.18. The molecule has 4 rings (SSSR count). The monoisotopic (exact) mass is 470 g/mol. The lowest BCUT2D eigenvalue weighted by atomic mass is 9.82. The first-order valence-corrected chi connectivity index (χ1v) is 13.4. The Bertz CT molecular complexity index is 921. The molecular formula is C25H38N6OS. The SMILES string of the molecule is CSc1nccc(OC(C)CCN2CCN(c3cc(C4CCC4)nc(C(C)(C)C)n3)CC2)n1. The molecule has 0 radical (unpaired) electrons. The summed E-state index contributed by atoms with van der Waals surface area (Å²) in [7, 11) is 0. The lowest BCUT2D eigenvalue weighted by Crippen LogP contribution is -2.47. The number of piperazine rings is 1. The zero-order valence-electron chi connectivity index (χ0n) is 20.8. The lowest BCUT2D eigenvalue weighted by Gasteiger charge is -2.37. The summed E-state index contributed by atoms with van der Waals surface area (Å²) in [6.07, 6.45) is 8.69. The van der Waals surface area contributed by atoms with Gasteiger partial charge in [0.2, 0.25) is 5.88 Å². The van der Waals surface area contributed by atoms with Crippen molar-refractivity contribution in [1.82, 2.24) is 24.8 Å². The van der Waals surface area contributed by atoms with Crippen LogP contribution in [0.2, 0.25) is 0 Å². The summed E-state index contributed by atoms with van der Waals surface area (Å²) in [4.78, 5) is 23.6. The summed E-state index contributed by atoms with van der Waals surface area (Å²) in [6, 6.07) is 4.09. The van der Waals surface area contributed by atoms with Crippen LogP contribution in [0.15, 0.2) is 23.5 Å². The normalized spacial score (nSPS) is 18.8. The molecule has 0 amide bonds. The van der Waals surface area contributed by atoms with Gasteiger partial charge in [-0.3, -0.25) is 4.90 Å². The van der Waals surface area contributed by atoms with E-state index < -0.39 is 0 Å². The van der Waals surface area contributed by atoms with Gasteiger partial charge in [0.05, 0.1) is 6.10 Å².